The van der Waals surface area contributed by atoms with Crippen molar-refractivity contribution in [2.75, 3.05) is 14.1 Å². The second-order valence-electron chi connectivity index (χ2n) is 4.75. The summed E-state index contributed by atoms with van der Waals surface area (Å²) in [6.07, 6.45) is -10.5. The highest BCUT2D eigenvalue weighted by Gasteiger charge is 2.52. The third kappa shape index (κ3) is 2.99. The van der Waals surface area contributed by atoms with Gasteiger partial charge in [-0.05, 0) is 0 Å². The smallest absolute Gasteiger partial charge is 0.390 e. The molecular formula is C10H15F3N2O3S. The Hall–Kier alpha value is -0.510. The molecule has 0 aromatic rings. The first-order chi connectivity index (χ1) is 8.70. The van der Waals surface area contributed by atoms with Gasteiger partial charge in [0.05, 0.1) is 12.1 Å². The van der Waals surface area contributed by atoms with E-state index >= 15 is 0 Å². The summed E-state index contributed by atoms with van der Waals surface area (Å²) in [6, 6.07) is -0.380. The summed E-state index contributed by atoms with van der Waals surface area (Å²) in [6.45, 7) is 0. The van der Waals surface area contributed by atoms with Crippen molar-refractivity contribution >= 4 is 16.9 Å². The number of halogens is 3. The van der Waals surface area contributed by atoms with Crippen LogP contribution in [0.4, 0.5) is 13.2 Å². The average molecular weight is 300 g/mol. The van der Waals surface area contributed by atoms with E-state index < -0.39 is 29.9 Å². The molecule has 1 unspecified atom stereocenters. The van der Waals surface area contributed by atoms with E-state index in [2.05, 4.69) is 4.99 Å². The van der Waals surface area contributed by atoms with E-state index in [1.165, 1.54) is 11.8 Å². The monoisotopic (exact) mass is 300 g/mol. The number of fused-ring (bicyclic) bond motifs is 1. The fraction of sp³-hybridized carbons (Fsp3) is 0.900. The van der Waals surface area contributed by atoms with Crippen LogP contribution in [0, 0.1) is 0 Å². The molecule has 5 nitrogen and oxygen atoms in total. The Morgan fingerprint density at radius 2 is 2.11 bits per heavy atom. The van der Waals surface area contributed by atoms with E-state index in [1.54, 1.807) is 19.0 Å². The molecule has 5 atom stereocenters. The van der Waals surface area contributed by atoms with E-state index in [9.17, 15) is 23.4 Å². The van der Waals surface area contributed by atoms with Gasteiger partial charge >= 0.3 is 6.18 Å². The van der Waals surface area contributed by atoms with Gasteiger partial charge in [0.15, 0.2) is 11.3 Å². The molecule has 0 amide bonds. The second kappa shape index (κ2) is 5.12. The van der Waals surface area contributed by atoms with Crippen LogP contribution in [0.25, 0.3) is 0 Å². The SMILES string of the molecule is CN(C)C1=N[C@@H]2C[C@H](O)[C@@H](C(O)C(F)(F)F)O[C@@H]2S1. The maximum atomic E-state index is 12.5. The van der Waals surface area contributed by atoms with Crippen LogP contribution >= 0.6 is 11.8 Å². The quantitative estimate of drug-likeness (QED) is 0.735. The van der Waals surface area contributed by atoms with Crippen LogP contribution in [-0.4, -0.2) is 70.3 Å². The third-order valence-corrected chi connectivity index (χ3v) is 4.33. The zero-order chi connectivity index (χ0) is 14.4. The molecule has 1 saturated heterocycles. The standard InChI is InChI=1S/C10H15F3N2O3S/c1-15(2)9-14-4-3-5(16)6(18-8(4)19-9)7(17)10(11,12)13/h4-8,16-17H,3H2,1-2H3/t4-,5+,6+,7?,8-/m1/s1. The van der Waals surface area contributed by atoms with Crippen LogP contribution in [-0.2, 0) is 4.74 Å². The minimum Gasteiger partial charge on any atom is -0.390 e. The predicted octanol–water partition coefficient (Wildman–Crippen LogP) is 0.418. The molecule has 2 aliphatic rings. The first kappa shape index (κ1) is 14.9. The molecule has 0 radical (unpaired) electrons. The number of ether oxygens (including phenoxy) is 1. The molecular weight excluding hydrogens is 285 g/mol. The zero-order valence-corrected chi connectivity index (χ0v) is 11.1. The number of hydrogen-bond acceptors (Lipinski definition) is 6. The van der Waals surface area contributed by atoms with Crippen LogP contribution < -0.4 is 0 Å². The van der Waals surface area contributed by atoms with Gasteiger partial charge in [0, 0.05) is 20.5 Å². The molecule has 2 rings (SSSR count). The number of amidine groups is 1. The van der Waals surface area contributed by atoms with Gasteiger partial charge in [-0.2, -0.15) is 13.2 Å². The largest absolute Gasteiger partial charge is 0.417 e. The number of nitrogens with zero attached hydrogens (tertiary/aromatic N) is 2. The van der Waals surface area contributed by atoms with Crippen LogP contribution in [0.3, 0.4) is 0 Å². The van der Waals surface area contributed by atoms with Crippen molar-refractivity contribution in [3.8, 4) is 0 Å². The first-order valence-electron chi connectivity index (χ1n) is 5.70. The van der Waals surface area contributed by atoms with Crippen molar-refractivity contribution in [1.29, 1.82) is 0 Å². The number of aliphatic hydroxyl groups is 2. The molecule has 0 aromatic carbocycles. The third-order valence-electron chi connectivity index (χ3n) is 2.99. The first-order valence-corrected chi connectivity index (χ1v) is 6.58. The maximum Gasteiger partial charge on any atom is 0.417 e. The lowest BCUT2D eigenvalue weighted by Crippen LogP contribution is -2.54. The summed E-state index contributed by atoms with van der Waals surface area (Å²) in [4.78, 5) is 6.00. The Balaban J connectivity index is 2.07. The van der Waals surface area contributed by atoms with Gasteiger partial charge in [-0.15, -0.1) is 0 Å². The summed E-state index contributed by atoms with van der Waals surface area (Å²) in [7, 11) is 3.53. The highest BCUT2D eigenvalue weighted by Crippen LogP contribution is 2.39. The summed E-state index contributed by atoms with van der Waals surface area (Å²) in [5.41, 5.74) is -0.595. The molecule has 0 saturated carbocycles. The van der Waals surface area contributed by atoms with Crippen LogP contribution in [0.1, 0.15) is 6.42 Å². The number of aliphatic imine (C=N–C) groups is 1. The molecule has 2 aliphatic heterocycles. The Bertz CT molecular complexity index is 378. The Morgan fingerprint density at radius 1 is 1.47 bits per heavy atom. The number of rotatable bonds is 1. The van der Waals surface area contributed by atoms with E-state index in [0.29, 0.717) is 5.17 Å². The summed E-state index contributed by atoms with van der Waals surface area (Å²) < 4.78 is 42.6. The lowest BCUT2D eigenvalue weighted by molar-refractivity contribution is -0.260. The van der Waals surface area contributed by atoms with Gasteiger partial charge in [0.25, 0.3) is 0 Å². The fourth-order valence-electron chi connectivity index (χ4n) is 2.02. The molecule has 0 bridgehead atoms. The average Bonchev–Trinajstić information content (AvgIpc) is 2.68. The van der Waals surface area contributed by atoms with Gasteiger partial charge in [-0.3, -0.25) is 4.99 Å². The van der Waals surface area contributed by atoms with Crippen molar-refractivity contribution in [3.63, 3.8) is 0 Å². The lowest BCUT2D eigenvalue weighted by Gasteiger charge is -2.37. The van der Waals surface area contributed by atoms with E-state index in [-0.39, 0.29) is 12.5 Å². The minimum absolute atomic E-state index is 0.0484. The Labute approximate surface area is 112 Å². The predicted molar refractivity (Wildman–Crippen MR) is 63.8 cm³/mol. The van der Waals surface area contributed by atoms with Crippen molar-refractivity contribution in [2.45, 2.75) is 42.4 Å². The molecule has 110 valence electrons. The summed E-state index contributed by atoms with van der Waals surface area (Å²) in [5, 5.41) is 19.5. The van der Waals surface area contributed by atoms with Crippen molar-refractivity contribution in [2.24, 2.45) is 4.99 Å². The molecule has 1 fully saturated rings. The van der Waals surface area contributed by atoms with Crippen LogP contribution in [0.2, 0.25) is 0 Å². The van der Waals surface area contributed by atoms with Gasteiger partial charge in [0.2, 0.25) is 0 Å². The van der Waals surface area contributed by atoms with Crippen LogP contribution in [0.15, 0.2) is 4.99 Å². The van der Waals surface area contributed by atoms with Crippen LogP contribution in [0.5, 0.6) is 0 Å². The van der Waals surface area contributed by atoms with E-state index in [1.807, 2.05) is 0 Å². The molecule has 9 heteroatoms. The Kier molecular flexibility index (Phi) is 4.01. The lowest BCUT2D eigenvalue weighted by atomic mass is 9.97. The minimum atomic E-state index is -4.81. The van der Waals surface area contributed by atoms with Crippen molar-refractivity contribution in [3.05, 3.63) is 0 Å². The molecule has 2 N–H and O–H groups in total. The normalized spacial score (nSPS) is 36.7. The topological polar surface area (TPSA) is 65.3 Å². The van der Waals surface area contributed by atoms with Crippen molar-refractivity contribution in [1.82, 2.24) is 4.90 Å². The summed E-state index contributed by atoms with van der Waals surface area (Å²) >= 11 is 1.20. The summed E-state index contributed by atoms with van der Waals surface area (Å²) in [5.74, 6) is 0. The number of hydrogen-bond donors (Lipinski definition) is 2. The van der Waals surface area contributed by atoms with E-state index in [4.69, 9.17) is 4.74 Å². The van der Waals surface area contributed by atoms with Gasteiger partial charge in [-0.1, -0.05) is 11.8 Å². The molecule has 0 aromatic heterocycles. The molecule has 19 heavy (non-hydrogen) atoms. The van der Waals surface area contributed by atoms with Gasteiger partial charge in [-0.25, -0.2) is 0 Å². The molecule has 0 spiro atoms. The highest BCUT2D eigenvalue weighted by molar-refractivity contribution is 8.14. The van der Waals surface area contributed by atoms with Gasteiger partial charge < -0.3 is 19.8 Å². The fourth-order valence-corrected chi connectivity index (χ4v) is 3.14. The maximum absolute atomic E-state index is 12.5. The van der Waals surface area contributed by atoms with E-state index in [0.717, 1.165) is 0 Å². The number of thioether (sulfide) groups is 1. The Morgan fingerprint density at radius 3 is 2.63 bits per heavy atom. The zero-order valence-electron chi connectivity index (χ0n) is 10.3. The number of aliphatic hydroxyl groups excluding tert-OH is 2. The molecule has 0 aliphatic carbocycles. The second-order valence-corrected chi connectivity index (χ2v) is 5.82. The molecule has 2 heterocycles. The highest BCUT2D eigenvalue weighted by atomic mass is 32.2. The number of alkyl halides is 3. The van der Waals surface area contributed by atoms with Gasteiger partial charge in [0.1, 0.15) is 11.5 Å². The van der Waals surface area contributed by atoms with Crippen molar-refractivity contribution < 1.29 is 28.1 Å².